The van der Waals surface area contributed by atoms with Crippen LogP contribution in [0.5, 0.6) is 0 Å². The standard InChI is InChI=1S/C8H14O2/c1-8(2,9)7-4-3-5-10-6-7/h6,9H,3-5H2,1-2H3. The Morgan fingerprint density at radius 2 is 2.30 bits per heavy atom. The molecule has 0 aromatic heterocycles. The summed E-state index contributed by atoms with van der Waals surface area (Å²) in [6.07, 6.45) is 3.67. The van der Waals surface area contributed by atoms with E-state index in [0.29, 0.717) is 0 Å². The van der Waals surface area contributed by atoms with Crippen LogP contribution in [0.4, 0.5) is 0 Å². The van der Waals surface area contributed by atoms with Gasteiger partial charge in [0.2, 0.25) is 0 Å². The van der Waals surface area contributed by atoms with Crippen LogP contribution in [-0.4, -0.2) is 17.3 Å². The summed E-state index contributed by atoms with van der Waals surface area (Å²) >= 11 is 0. The summed E-state index contributed by atoms with van der Waals surface area (Å²) in [5, 5.41) is 9.49. The Labute approximate surface area is 61.5 Å². The van der Waals surface area contributed by atoms with Gasteiger partial charge in [-0.15, -0.1) is 0 Å². The summed E-state index contributed by atoms with van der Waals surface area (Å²) in [6.45, 7) is 4.36. The first kappa shape index (κ1) is 7.61. The van der Waals surface area contributed by atoms with Crippen LogP contribution in [0.1, 0.15) is 26.7 Å². The van der Waals surface area contributed by atoms with Crippen LogP contribution in [0.3, 0.4) is 0 Å². The van der Waals surface area contributed by atoms with Gasteiger partial charge in [0.1, 0.15) is 0 Å². The minimum atomic E-state index is -0.694. The number of rotatable bonds is 1. The SMILES string of the molecule is CC(C)(O)C1=COCCC1. The van der Waals surface area contributed by atoms with Crippen LogP contribution in [0.15, 0.2) is 11.8 Å². The largest absolute Gasteiger partial charge is 0.501 e. The van der Waals surface area contributed by atoms with Crippen molar-refractivity contribution in [2.45, 2.75) is 32.3 Å². The Balaban J connectivity index is 2.62. The molecule has 1 aliphatic heterocycles. The molecule has 1 heterocycles. The van der Waals surface area contributed by atoms with Gasteiger partial charge < -0.3 is 9.84 Å². The molecule has 1 aliphatic rings. The lowest BCUT2D eigenvalue weighted by molar-refractivity contribution is 0.0985. The smallest absolute Gasteiger partial charge is 0.0876 e. The van der Waals surface area contributed by atoms with Crippen molar-refractivity contribution in [1.29, 1.82) is 0 Å². The molecule has 2 nitrogen and oxygen atoms in total. The summed E-state index contributed by atoms with van der Waals surface area (Å²) in [4.78, 5) is 0. The molecule has 0 saturated carbocycles. The Kier molecular flexibility index (Phi) is 2.00. The summed E-state index contributed by atoms with van der Waals surface area (Å²) in [5.41, 5.74) is 0.305. The molecule has 1 N–H and O–H groups in total. The molecule has 0 radical (unpaired) electrons. The summed E-state index contributed by atoms with van der Waals surface area (Å²) in [5.74, 6) is 0. The second-order valence-corrected chi connectivity index (χ2v) is 3.18. The Morgan fingerprint density at radius 1 is 1.60 bits per heavy atom. The van der Waals surface area contributed by atoms with E-state index in [-0.39, 0.29) is 0 Å². The van der Waals surface area contributed by atoms with Crippen molar-refractivity contribution in [3.8, 4) is 0 Å². The predicted octanol–water partition coefficient (Wildman–Crippen LogP) is 1.45. The molecule has 0 fully saturated rings. The maximum Gasteiger partial charge on any atom is 0.0876 e. The van der Waals surface area contributed by atoms with Crippen molar-refractivity contribution in [2.24, 2.45) is 0 Å². The molecule has 10 heavy (non-hydrogen) atoms. The third-order valence-corrected chi connectivity index (χ3v) is 1.72. The highest BCUT2D eigenvalue weighted by atomic mass is 16.5. The molecule has 0 amide bonds. The summed E-state index contributed by atoms with van der Waals surface area (Å²) < 4.78 is 5.09. The van der Waals surface area contributed by atoms with Crippen LogP contribution in [0.25, 0.3) is 0 Å². The van der Waals surface area contributed by atoms with E-state index in [1.165, 1.54) is 0 Å². The van der Waals surface area contributed by atoms with Gasteiger partial charge in [-0.1, -0.05) is 0 Å². The van der Waals surface area contributed by atoms with E-state index in [4.69, 9.17) is 4.74 Å². The van der Waals surface area contributed by atoms with E-state index in [1.54, 1.807) is 20.1 Å². The third kappa shape index (κ3) is 1.74. The minimum Gasteiger partial charge on any atom is -0.501 e. The lowest BCUT2D eigenvalue weighted by Gasteiger charge is -2.24. The first-order valence-corrected chi connectivity index (χ1v) is 3.64. The number of aliphatic hydroxyl groups is 1. The fourth-order valence-corrected chi connectivity index (χ4v) is 1.01. The van der Waals surface area contributed by atoms with Crippen molar-refractivity contribution in [3.05, 3.63) is 11.8 Å². The zero-order valence-electron chi connectivity index (χ0n) is 6.55. The van der Waals surface area contributed by atoms with Gasteiger partial charge >= 0.3 is 0 Å². The molecule has 2 heteroatoms. The number of hydrogen-bond donors (Lipinski definition) is 1. The van der Waals surface area contributed by atoms with E-state index >= 15 is 0 Å². The zero-order chi connectivity index (χ0) is 7.61. The van der Waals surface area contributed by atoms with Crippen molar-refractivity contribution in [1.82, 2.24) is 0 Å². The third-order valence-electron chi connectivity index (χ3n) is 1.72. The van der Waals surface area contributed by atoms with E-state index in [2.05, 4.69) is 0 Å². The fraction of sp³-hybridized carbons (Fsp3) is 0.750. The second kappa shape index (κ2) is 2.62. The Bertz CT molecular complexity index is 142. The molecular formula is C8H14O2. The van der Waals surface area contributed by atoms with Crippen molar-refractivity contribution < 1.29 is 9.84 Å². The van der Waals surface area contributed by atoms with Crippen LogP contribution in [0, 0.1) is 0 Å². The van der Waals surface area contributed by atoms with Gasteiger partial charge in [-0.3, -0.25) is 0 Å². The van der Waals surface area contributed by atoms with E-state index in [0.717, 1.165) is 25.0 Å². The molecule has 0 aliphatic carbocycles. The highest BCUT2D eigenvalue weighted by Gasteiger charge is 2.20. The second-order valence-electron chi connectivity index (χ2n) is 3.18. The number of ether oxygens (including phenoxy) is 1. The summed E-state index contributed by atoms with van der Waals surface area (Å²) in [7, 11) is 0. The van der Waals surface area contributed by atoms with Gasteiger partial charge in [-0.05, 0) is 32.3 Å². The fourth-order valence-electron chi connectivity index (χ4n) is 1.01. The van der Waals surface area contributed by atoms with Gasteiger partial charge in [0, 0.05) is 0 Å². The van der Waals surface area contributed by atoms with Gasteiger partial charge in [-0.25, -0.2) is 0 Å². The average Bonchev–Trinajstić information content (AvgIpc) is 1.88. The van der Waals surface area contributed by atoms with Crippen LogP contribution < -0.4 is 0 Å². The average molecular weight is 142 g/mol. The maximum absolute atomic E-state index is 9.49. The molecule has 0 atom stereocenters. The summed E-state index contributed by atoms with van der Waals surface area (Å²) in [6, 6.07) is 0. The van der Waals surface area contributed by atoms with Crippen molar-refractivity contribution in [3.63, 3.8) is 0 Å². The lowest BCUT2D eigenvalue weighted by atomic mass is 9.94. The molecule has 58 valence electrons. The minimum absolute atomic E-state index is 0.694. The Morgan fingerprint density at radius 3 is 2.60 bits per heavy atom. The van der Waals surface area contributed by atoms with Gasteiger partial charge in [0.05, 0.1) is 18.5 Å². The normalized spacial score (nSPS) is 19.7. The molecule has 0 bridgehead atoms. The molecular weight excluding hydrogens is 128 g/mol. The lowest BCUT2D eigenvalue weighted by Crippen LogP contribution is -2.24. The van der Waals surface area contributed by atoms with E-state index < -0.39 is 5.60 Å². The zero-order valence-corrected chi connectivity index (χ0v) is 6.55. The molecule has 0 unspecified atom stereocenters. The van der Waals surface area contributed by atoms with Crippen molar-refractivity contribution >= 4 is 0 Å². The van der Waals surface area contributed by atoms with Gasteiger partial charge in [0.15, 0.2) is 0 Å². The first-order chi connectivity index (χ1) is 4.61. The Hall–Kier alpha value is -0.500. The molecule has 0 aromatic carbocycles. The highest BCUT2D eigenvalue weighted by Crippen LogP contribution is 2.23. The van der Waals surface area contributed by atoms with Crippen LogP contribution in [-0.2, 0) is 4.74 Å². The molecule has 0 saturated heterocycles. The quantitative estimate of drug-likeness (QED) is 0.600. The number of hydrogen-bond acceptors (Lipinski definition) is 2. The molecule has 0 spiro atoms. The highest BCUT2D eigenvalue weighted by molar-refractivity contribution is 5.12. The monoisotopic (exact) mass is 142 g/mol. The molecule has 0 aromatic rings. The van der Waals surface area contributed by atoms with Crippen LogP contribution >= 0.6 is 0 Å². The van der Waals surface area contributed by atoms with E-state index in [1.807, 2.05) is 0 Å². The molecule has 1 rings (SSSR count). The van der Waals surface area contributed by atoms with Gasteiger partial charge in [0.25, 0.3) is 0 Å². The first-order valence-electron chi connectivity index (χ1n) is 3.64. The van der Waals surface area contributed by atoms with Gasteiger partial charge in [-0.2, -0.15) is 0 Å². The van der Waals surface area contributed by atoms with Crippen LogP contribution in [0.2, 0.25) is 0 Å². The predicted molar refractivity (Wildman–Crippen MR) is 39.6 cm³/mol. The van der Waals surface area contributed by atoms with Crippen molar-refractivity contribution in [2.75, 3.05) is 6.61 Å². The topological polar surface area (TPSA) is 29.5 Å². The van der Waals surface area contributed by atoms with E-state index in [9.17, 15) is 5.11 Å². The maximum atomic E-state index is 9.49.